The number of hydrogen-bond acceptors (Lipinski definition) is 4. The topological polar surface area (TPSA) is 67.9 Å². The van der Waals surface area contributed by atoms with Gasteiger partial charge in [0.15, 0.2) is 6.10 Å². The van der Waals surface area contributed by atoms with E-state index in [1.54, 1.807) is 14.0 Å². The number of methoxy groups -OCH3 is 1. The van der Waals surface area contributed by atoms with Crippen molar-refractivity contribution in [2.75, 3.05) is 19.0 Å². The SMILES string of the molecule is CC[C@H](C(=O)Nc1ccc2c(c1)CN(CCc1ccccc1OC)C(=O)[C@H](C)O2)c1ccccc1. The van der Waals surface area contributed by atoms with E-state index < -0.39 is 6.10 Å². The first-order valence-corrected chi connectivity index (χ1v) is 12.1. The number of amides is 2. The first kappa shape index (κ1) is 24.3. The van der Waals surface area contributed by atoms with Gasteiger partial charge in [-0.1, -0.05) is 55.5 Å². The van der Waals surface area contributed by atoms with Gasteiger partial charge in [-0.15, -0.1) is 0 Å². The highest BCUT2D eigenvalue weighted by Crippen LogP contribution is 2.30. The van der Waals surface area contributed by atoms with Crippen LogP contribution in [0.4, 0.5) is 5.69 Å². The monoisotopic (exact) mass is 472 g/mol. The molecule has 0 unspecified atom stereocenters. The highest BCUT2D eigenvalue weighted by Gasteiger charge is 2.28. The summed E-state index contributed by atoms with van der Waals surface area (Å²) in [4.78, 5) is 27.9. The highest BCUT2D eigenvalue weighted by molar-refractivity contribution is 5.96. The van der Waals surface area contributed by atoms with Gasteiger partial charge in [-0.25, -0.2) is 0 Å². The Bertz CT molecular complexity index is 1180. The molecule has 1 aliphatic rings. The van der Waals surface area contributed by atoms with E-state index in [4.69, 9.17) is 9.47 Å². The van der Waals surface area contributed by atoms with Crippen molar-refractivity contribution in [1.29, 1.82) is 0 Å². The van der Waals surface area contributed by atoms with Gasteiger partial charge in [0.1, 0.15) is 11.5 Å². The number of hydrogen-bond donors (Lipinski definition) is 1. The zero-order valence-electron chi connectivity index (χ0n) is 20.5. The molecule has 3 aromatic carbocycles. The number of nitrogens with one attached hydrogen (secondary N) is 1. The molecule has 2 amide bonds. The van der Waals surface area contributed by atoms with E-state index in [1.165, 1.54) is 0 Å². The molecule has 1 N–H and O–H groups in total. The number of rotatable bonds is 8. The van der Waals surface area contributed by atoms with Crippen molar-refractivity contribution >= 4 is 17.5 Å². The summed E-state index contributed by atoms with van der Waals surface area (Å²) in [5.74, 6) is 1.14. The number of nitrogens with zero attached hydrogens (tertiary/aromatic N) is 1. The third kappa shape index (κ3) is 5.65. The molecule has 0 saturated heterocycles. The molecule has 6 nitrogen and oxygen atoms in total. The van der Waals surface area contributed by atoms with Gasteiger partial charge < -0.3 is 19.7 Å². The van der Waals surface area contributed by atoms with Gasteiger partial charge in [0.25, 0.3) is 5.91 Å². The Balaban J connectivity index is 1.51. The molecule has 4 rings (SSSR count). The molecule has 0 aromatic heterocycles. The van der Waals surface area contributed by atoms with Gasteiger partial charge in [0.05, 0.1) is 13.0 Å². The molecule has 3 aromatic rings. The lowest BCUT2D eigenvalue weighted by Gasteiger charge is -2.22. The van der Waals surface area contributed by atoms with E-state index in [1.807, 2.05) is 84.6 Å². The number of ether oxygens (including phenoxy) is 2. The summed E-state index contributed by atoms with van der Waals surface area (Å²) in [6.45, 7) is 4.73. The van der Waals surface area contributed by atoms with Crippen LogP contribution in [0.25, 0.3) is 0 Å². The van der Waals surface area contributed by atoms with Gasteiger partial charge in [-0.05, 0) is 55.2 Å². The molecule has 0 radical (unpaired) electrons. The minimum absolute atomic E-state index is 0.0503. The van der Waals surface area contributed by atoms with Crippen LogP contribution in [0.15, 0.2) is 72.8 Å². The zero-order valence-corrected chi connectivity index (χ0v) is 20.5. The van der Waals surface area contributed by atoms with Crippen LogP contribution in [0, 0.1) is 0 Å². The number of carbonyl (C=O) groups excluding carboxylic acids is 2. The van der Waals surface area contributed by atoms with Crippen LogP contribution < -0.4 is 14.8 Å². The van der Waals surface area contributed by atoms with Crippen LogP contribution in [-0.4, -0.2) is 36.5 Å². The van der Waals surface area contributed by atoms with Crippen LogP contribution in [0.1, 0.15) is 42.9 Å². The van der Waals surface area contributed by atoms with Crippen LogP contribution >= 0.6 is 0 Å². The zero-order chi connectivity index (χ0) is 24.8. The van der Waals surface area contributed by atoms with Crippen molar-refractivity contribution in [3.63, 3.8) is 0 Å². The Morgan fingerprint density at radius 1 is 1.11 bits per heavy atom. The third-order valence-electron chi connectivity index (χ3n) is 6.42. The second-order valence-electron chi connectivity index (χ2n) is 8.76. The van der Waals surface area contributed by atoms with Crippen LogP contribution in [-0.2, 0) is 22.6 Å². The molecule has 0 bridgehead atoms. The number of carbonyl (C=O) groups is 2. The molecular weight excluding hydrogens is 440 g/mol. The quantitative estimate of drug-likeness (QED) is 0.491. The first-order valence-electron chi connectivity index (χ1n) is 12.1. The van der Waals surface area contributed by atoms with Gasteiger partial charge in [0, 0.05) is 24.3 Å². The Hall–Kier alpha value is -3.80. The Morgan fingerprint density at radius 3 is 2.60 bits per heavy atom. The maximum atomic E-state index is 13.0. The molecule has 182 valence electrons. The van der Waals surface area contributed by atoms with Crippen molar-refractivity contribution in [3.05, 3.63) is 89.5 Å². The second-order valence-corrected chi connectivity index (χ2v) is 8.76. The number of anilines is 1. The highest BCUT2D eigenvalue weighted by atomic mass is 16.5. The van der Waals surface area contributed by atoms with Gasteiger partial charge in [-0.3, -0.25) is 9.59 Å². The molecule has 35 heavy (non-hydrogen) atoms. The van der Waals surface area contributed by atoms with E-state index in [2.05, 4.69) is 5.32 Å². The Labute approximate surface area is 206 Å². The predicted molar refractivity (Wildman–Crippen MR) is 137 cm³/mol. The fourth-order valence-electron chi connectivity index (χ4n) is 4.52. The summed E-state index contributed by atoms with van der Waals surface area (Å²) in [6, 6.07) is 23.2. The minimum atomic E-state index is -0.586. The van der Waals surface area contributed by atoms with Gasteiger partial charge in [0.2, 0.25) is 5.91 Å². The van der Waals surface area contributed by atoms with Crippen LogP contribution in [0.5, 0.6) is 11.5 Å². The summed E-state index contributed by atoms with van der Waals surface area (Å²) in [5, 5.41) is 3.06. The molecule has 6 heteroatoms. The van der Waals surface area contributed by atoms with Crippen molar-refractivity contribution in [1.82, 2.24) is 4.90 Å². The molecular formula is C29H32N2O4. The third-order valence-corrected chi connectivity index (χ3v) is 6.42. The maximum absolute atomic E-state index is 13.0. The van der Waals surface area contributed by atoms with Crippen molar-refractivity contribution in [3.8, 4) is 11.5 Å². The average molecular weight is 473 g/mol. The summed E-state index contributed by atoms with van der Waals surface area (Å²) in [5.41, 5.74) is 3.60. The van der Waals surface area contributed by atoms with Crippen LogP contribution in [0.2, 0.25) is 0 Å². The van der Waals surface area contributed by atoms with Crippen molar-refractivity contribution < 1.29 is 19.1 Å². The minimum Gasteiger partial charge on any atom is -0.496 e. The lowest BCUT2D eigenvalue weighted by atomic mass is 9.95. The summed E-state index contributed by atoms with van der Waals surface area (Å²) >= 11 is 0. The van der Waals surface area contributed by atoms with E-state index in [9.17, 15) is 9.59 Å². The van der Waals surface area contributed by atoms with Gasteiger partial charge in [-0.2, -0.15) is 0 Å². The van der Waals surface area contributed by atoms with Crippen LogP contribution in [0.3, 0.4) is 0 Å². The summed E-state index contributed by atoms with van der Waals surface area (Å²) in [7, 11) is 1.65. The number of benzene rings is 3. The predicted octanol–water partition coefficient (Wildman–Crippen LogP) is 5.18. The molecule has 2 atom stereocenters. The lowest BCUT2D eigenvalue weighted by molar-refractivity contribution is -0.137. The molecule has 0 saturated carbocycles. The first-order chi connectivity index (χ1) is 17.0. The summed E-state index contributed by atoms with van der Waals surface area (Å²) in [6.07, 6.45) is 0.785. The standard InChI is InChI=1S/C29H32N2O4/c1-4-25(21-10-6-5-7-11-21)28(32)30-24-14-15-27-23(18-24)19-31(29(33)20(2)35-27)17-16-22-12-8-9-13-26(22)34-3/h5-15,18,20,25H,4,16-17,19H2,1-3H3,(H,30,32)/t20-,25-/m0/s1. The normalized spacial score (nSPS) is 16.0. The smallest absolute Gasteiger partial charge is 0.263 e. The largest absolute Gasteiger partial charge is 0.496 e. The fourth-order valence-corrected chi connectivity index (χ4v) is 4.52. The van der Waals surface area contributed by atoms with E-state index >= 15 is 0 Å². The van der Waals surface area contributed by atoms with Crippen molar-refractivity contribution in [2.45, 2.75) is 45.3 Å². The fraction of sp³-hybridized carbons (Fsp3) is 0.310. The molecule has 0 fully saturated rings. The Morgan fingerprint density at radius 2 is 1.86 bits per heavy atom. The molecule has 1 aliphatic heterocycles. The second kappa shape index (κ2) is 11.1. The van der Waals surface area contributed by atoms with E-state index in [0.29, 0.717) is 37.4 Å². The summed E-state index contributed by atoms with van der Waals surface area (Å²) < 4.78 is 11.4. The van der Waals surface area contributed by atoms with Crippen molar-refractivity contribution in [2.24, 2.45) is 0 Å². The van der Waals surface area contributed by atoms with E-state index in [-0.39, 0.29) is 17.7 Å². The molecule has 1 heterocycles. The average Bonchev–Trinajstić information content (AvgIpc) is 2.99. The number of fused-ring (bicyclic) bond motifs is 1. The Kier molecular flexibility index (Phi) is 7.70. The number of para-hydroxylation sites is 1. The maximum Gasteiger partial charge on any atom is 0.263 e. The lowest BCUT2D eigenvalue weighted by Crippen LogP contribution is -2.39. The van der Waals surface area contributed by atoms with E-state index in [0.717, 1.165) is 22.4 Å². The molecule has 0 spiro atoms. The molecule has 0 aliphatic carbocycles. The van der Waals surface area contributed by atoms with Gasteiger partial charge >= 0.3 is 0 Å².